The van der Waals surface area contributed by atoms with E-state index in [0.29, 0.717) is 17.3 Å². The highest BCUT2D eigenvalue weighted by Gasteiger charge is 2.10. The van der Waals surface area contributed by atoms with E-state index in [-0.39, 0.29) is 5.02 Å². The quantitative estimate of drug-likeness (QED) is 0.856. The summed E-state index contributed by atoms with van der Waals surface area (Å²) in [5, 5.41) is 6.47. The molecule has 2 rings (SSSR count). The van der Waals surface area contributed by atoms with Gasteiger partial charge in [0.25, 0.3) is 0 Å². The van der Waals surface area contributed by atoms with E-state index in [9.17, 15) is 4.39 Å². The van der Waals surface area contributed by atoms with Gasteiger partial charge in [0.05, 0.1) is 5.02 Å². The van der Waals surface area contributed by atoms with E-state index < -0.39 is 5.82 Å². The Morgan fingerprint density at radius 1 is 1.19 bits per heavy atom. The van der Waals surface area contributed by atoms with Gasteiger partial charge in [0.15, 0.2) is 0 Å². The predicted octanol–water partition coefficient (Wildman–Crippen LogP) is 4.45. The van der Waals surface area contributed by atoms with Gasteiger partial charge in [-0.2, -0.15) is 0 Å². The summed E-state index contributed by atoms with van der Waals surface area (Å²) in [4.78, 5) is 8.76. The van der Waals surface area contributed by atoms with Crippen LogP contribution in [0.1, 0.15) is 24.7 Å². The first-order valence-corrected chi connectivity index (χ1v) is 7.20. The molecule has 2 aromatic rings. The van der Waals surface area contributed by atoms with Crippen LogP contribution >= 0.6 is 11.6 Å². The molecule has 0 spiro atoms. The number of benzene rings is 1. The van der Waals surface area contributed by atoms with Crippen LogP contribution in [0, 0.1) is 19.7 Å². The average molecular weight is 309 g/mol. The number of hydrogen-bond acceptors (Lipinski definition) is 4. The molecule has 21 heavy (non-hydrogen) atoms. The van der Waals surface area contributed by atoms with Gasteiger partial charge in [0, 0.05) is 17.8 Å². The van der Waals surface area contributed by atoms with E-state index in [4.69, 9.17) is 11.6 Å². The largest absolute Gasteiger partial charge is 0.370 e. The summed E-state index contributed by atoms with van der Waals surface area (Å²) >= 11 is 5.68. The Bertz CT molecular complexity index is 646. The van der Waals surface area contributed by atoms with Crippen LogP contribution in [-0.2, 0) is 0 Å². The molecule has 0 unspecified atom stereocenters. The van der Waals surface area contributed by atoms with Crippen LogP contribution in [0.4, 0.5) is 21.7 Å². The number of nitrogens with zero attached hydrogens (tertiary/aromatic N) is 2. The van der Waals surface area contributed by atoms with E-state index in [2.05, 4.69) is 27.5 Å². The molecule has 6 heteroatoms. The summed E-state index contributed by atoms with van der Waals surface area (Å²) in [5.74, 6) is 1.63. The molecule has 0 aliphatic carbocycles. The lowest BCUT2D eigenvalue weighted by atomic mass is 10.2. The Morgan fingerprint density at radius 2 is 1.90 bits per heavy atom. The van der Waals surface area contributed by atoms with Crippen molar-refractivity contribution in [2.75, 3.05) is 17.2 Å². The Labute approximate surface area is 128 Å². The van der Waals surface area contributed by atoms with E-state index in [0.717, 1.165) is 24.3 Å². The number of nitrogens with one attached hydrogen (secondary N) is 2. The van der Waals surface area contributed by atoms with E-state index in [1.165, 1.54) is 12.1 Å². The predicted molar refractivity (Wildman–Crippen MR) is 85.0 cm³/mol. The normalized spacial score (nSPS) is 10.5. The molecule has 0 saturated carbocycles. The molecular formula is C15H18ClFN4. The summed E-state index contributed by atoms with van der Waals surface area (Å²) in [7, 11) is 0. The van der Waals surface area contributed by atoms with Crippen LogP contribution in [0.2, 0.25) is 5.02 Å². The van der Waals surface area contributed by atoms with Crippen molar-refractivity contribution < 1.29 is 4.39 Å². The van der Waals surface area contributed by atoms with Crippen molar-refractivity contribution in [3.8, 4) is 0 Å². The molecule has 0 aliphatic rings. The van der Waals surface area contributed by atoms with Crippen molar-refractivity contribution in [3.63, 3.8) is 0 Å². The highest BCUT2D eigenvalue weighted by molar-refractivity contribution is 6.30. The maximum atomic E-state index is 13.5. The molecule has 112 valence electrons. The van der Waals surface area contributed by atoms with Crippen molar-refractivity contribution in [1.82, 2.24) is 9.97 Å². The lowest BCUT2D eigenvalue weighted by molar-refractivity contribution is 0.629. The van der Waals surface area contributed by atoms with E-state index >= 15 is 0 Å². The molecule has 0 amide bonds. The molecular weight excluding hydrogens is 291 g/mol. The molecule has 0 bridgehead atoms. The smallest absolute Gasteiger partial charge is 0.143 e. The van der Waals surface area contributed by atoms with Crippen molar-refractivity contribution in [2.45, 2.75) is 27.2 Å². The standard InChI is InChI=1S/C15H18ClFN4/c1-4-7-18-14-9(2)15(20-10(3)19-14)21-11-5-6-12(16)13(17)8-11/h5-6,8H,4,7H2,1-3H3,(H2,18,19,20,21). The van der Waals surface area contributed by atoms with Gasteiger partial charge in [0.1, 0.15) is 23.3 Å². The molecule has 0 atom stereocenters. The monoisotopic (exact) mass is 308 g/mol. The minimum atomic E-state index is -0.463. The van der Waals surface area contributed by atoms with Crippen LogP contribution in [0.3, 0.4) is 0 Å². The first kappa shape index (κ1) is 15.5. The zero-order valence-corrected chi connectivity index (χ0v) is 13.1. The first-order valence-electron chi connectivity index (χ1n) is 6.82. The fraction of sp³-hybridized carbons (Fsp3) is 0.333. The molecule has 0 aliphatic heterocycles. The third kappa shape index (κ3) is 3.82. The molecule has 1 heterocycles. The summed E-state index contributed by atoms with van der Waals surface area (Å²) in [6.07, 6.45) is 1.01. The SMILES string of the molecule is CCCNc1nc(C)nc(Nc2ccc(Cl)c(F)c2)c1C. The molecule has 4 nitrogen and oxygen atoms in total. The Balaban J connectivity index is 2.30. The summed E-state index contributed by atoms with van der Waals surface area (Å²) in [6, 6.07) is 4.57. The topological polar surface area (TPSA) is 49.8 Å². The highest BCUT2D eigenvalue weighted by atomic mass is 35.5. The second-order valence-electron chi connectivity index (χ2n) is 4.77. The van der Waals surface area contributed by atoms with Crippen molar-refractivity contribution in [3.05, 3.63) is 40.4 Å². The Morgan fingerprint density at radius 3 is 2.57 bits per heavy atom. The summed E-state index contributed by atoms with van der Waals surface area (Å²) in [5.41, 5.74) is 1.49. The number of anilines is 3. The van der Waals surface area contributed by atoms with Crippen LogP contribution in [0.15, 0.2) is 18.2 Å². The van der Waals surface area contributed by atoms with Crippen molar-refractivity contribution in [2.24, 2.45) is 0 Å². The van der Waals surface area contributed by atoms with Crippen LogP contribution < -0.4 is 10.6 Å². The van der Waals surface area contributed by atoms with Gasteiger partial charge in [-0.25, -0.2) is 14.4 Å². The molecule has 2 N–H and O–H groups in total. The third-order valence-corrected chi connectivity index (χ3v) is 3.29. The van der Waals surface area contributed by atoms with Crippen LogP contribution in [0.5, 0.6) is 0 Å². The lowest BCUT2D eigenvalue weighted by Gasteiger charge is -2.14. The molecule has 1 aromatic heterocycles. The molecule has 1 aromatic carbocycles. The zero-order valence-electron chi connectivity index (χ0n) is 12.3. The van der Waals surface area contributed by atoms with Gasteiger partial charge in [-0.3, -0.25) is 0 Å². The van der Waals surface area contributed by atoms with Gasteiger partial charge in [-0.05, 0) is 38.5 Å². The number of aromatic nitrogens is 2. The Kier molecular flexibility index (Phi) is 4.96. The third-order valence-electron chi connectivity index (χ3n) is 2.98. The second kappa shape index (κ2) is 6.72. The maximum Gasteiger partial charge on any atom is 0.143 e. The fourth-order valence-electron chi connectivity index (χ4n) is 1.88. The number of halogens is 2. The molecule has 0 radical (unpaired) electrons. The van der Waals surface area contributed by atoms with Crippen molar-refractivity contribution >= 4 is 28.9 Å². The zero-order chi connectivity index (χ0) is 15.4. The maximum absolute atomic E-state index is 13.5. The van der Waals surface area contributed by atoms with E-state index in [1.54, 1.807) is 6.07 Å². The lowest BCUT2D eigenvalue weighted by Crippen LogP contribution is -2.09. The van der Waals surface area contributed by atoms with Gasteiger partial charge in [0.2, 0.25) is 0 Å². The van der Waals surface area contributed by atoms with Gasteiger partial charge < -0.3 is 10.6 Å². The minimum Gasteiger partial charge on any atom is -0.370 e. The molecule has 0 saturated heterocycles. The van der Waals surface area contributed by atoms with Gasteiger partial charge in [-0.1, -0.05) is 18.5 Å². The van der Waals surface area contributed by atoms with Crippen LogP contribution in [0.25, 0.3) is 0 Å². The highest BCUT2D eigenvalue weighted by Crippen LogP contribution is 2.25. The number of aryl methyl sites for hydroxylation is 1. The van der Waals surface area contributed by atoms with Crippen LogP contribution in [-0.4, -0.2) is 16.5 Å². The minimum absolute atomic E-state index is 0.0986. The summed E-state index contributed by atoms with van der Waals surface area (Å²) in [6.45, 7) is 6.68. The van der Waals surface area contributed by atoms with E-state index in [1.807, 2.05) is 13.8 Å². The Hall–Kier alpha value is -1.88. The van der Waals surface area contributed by atoms with Gasteiger partial charge in [-0.15, -0.1) is 0 Å². The fourth-order valence-corrected chi connectivity index (χ4v) is 1.99. The number of rotatable bonds is 5. The second-order valence-corrected chi connectivity index (χ2v) is 5.18. The number of hydrogen-bond donors (Lipinski definition) is 2. The average Bonchev–Trinajstić information content (AvgIpc) is 2.45. The summed E-state index contributed by atoms with van der Waals surface area (Å²) < 4.78 is 13.5. The van der Waals surface area contributed by atoms with Crippen molar-refractivity contribution in [1.29, 1.82) is 0 Å². The molecule has 0 fully saturated rings. The van der Waals surface area contributed by atoms with Gasteiger partial charge >= 0.3 is 0 Å². The first-order chi connectivity index (χ1) is 10.0.